The maximum absolute atomic E-state index is 10.1. The van der Waals surface area contributed by atoms with E-state index >= 15 is 0 Å². The minimum atomic E-state index is -0.0465. The van der Waals surface area contributed by atoms with Crippen LogP contribution in [0, 0.1) is 17.3 Å². The monoisotopic (exact) mass is 300 g/mol. The van der Waals surface area contributed by atoms with Crippen LogP contribution in [0.5, 0.6) is 5.75 Å². The number of aliphatic hydroxyl groups excluding tert-OH is 1. The molecule has 1 aromatic carbocycles. The van der Waals surface area contributed by atoms with Gasteiger partial charge in [0.05, 0.1) is 13.2 Å². The lowest BCUT2D eigenvalue weighted by molar-refractivity contribution is -0.0606. The molecule has 5 unspecified atom stereocenters. The van der Waals surface area contributed by atoms with Crippen molar-refractivity contribution in [1.82, 2.24) is 0 Å². The molecule has 0 amide bonds. The van der Waals surface area contributed by atoms with Crippen LogP contribution in [-0.4, -0.2) is 18.3 Å². The molecule has 0 aromatic heterocycles. The van der Waals surface area contributed by atoms with Gasteiger partial charge in [-0.3, -0.25) is 0 Å². The maximum Gasteiger partial charge on any atom is 0.119 e. The zero-order chi connectivity index (χ0) is 15.3. The summed E-state index contributed by atoms with van der Waals surface area (Å²) in [4.78, 5) is 0. The van der Waals surface area contributed by atoms with E-state index in [9.17, 15) is 5.11 Å². The summed E-state index contributed by atoms with van der Waals surface area (Å²) in [5, 5.41) is 10.1. The van der Waals surface area contributed by atoms with Crippen molar-refractivity contribution >= 4 is 0 Å². The van der Waals surface area contributed by atoms with Crippen LogP contribution in [0.25, 0.3) is 0 Å². The predicted molar refractivity (Wildman–Crippen MR) is 88.2 cm³/mol. The van der Waals surface area contributed by atoms with Gasteiger partial charge < -0.3 is 9.84 Å². The molecule has 0 bridgehead atoms. The highest BCUT2D eigenvalue weighted by atomic mass is 16.5. The zero-order valence-electron chi connectivity index (χ0n) is 13.8. The molecule has 1 aromatic rings. The molecule has 2 nitrogen and oxygen atoms in total. The third-order valence-electron chi connectivity index (χ3n) is 7.14. The van der Waals surface area contributed by atoms with Gasteiger partial charge in [0.2, 0.25) is 0 Å². The van der Waals surface area contributed by atoms with Crippen molar-refractivity contribution in [2.24, 2.45) is 17.3 Å². The summed E-state index contributed by atoms with van der Waals surface area (Å²) in [7, 11) is 1.76. The van der Waals surface area contributed by atoms with Crippen LogP contribution in [0.2, 0.25) is 0 Å². The minimum Gasteiger partial charge on any atom is -0.497 e. The van der Waals surface area contributed by atoms with E-state index in [0.717, 1.165) is 36.3 Å². The standard InChI is InChI=1S/C20H28O2/c1-20-10-9-15(21)12-14(20)4-6-18-17-7-5-16(22-2)11-13(17)3-8-19(18)20/h5,7,11,14-15,18-19,21H,3-4,6,8-10,12H2,1-2H3. The summed E-state index contributed by atoms with van der Waals surface area (Å²) in [6.45, 7) is 2.52. The SMILES string of the molecule is COc1ccc2c(c1)CCC1C2CCC2CC(O)CCC21C. The second-order valence-corrected chi connectivity index (χ2v) is 8.02. The van der Waals surface area contributed by atoms with Gasteiger partial charge in [-0.15, -0.1) is 0 Å². The Morgan fingerprint density at radius 3 is 2.86 bits per heavy atom. The van der Waals surface area contributed by atoms with E-state index in [-0.39, 0.29) is 6.10 Å². The Kier molecular flexibility index (Phi) is 3.48. The van der Waals surface area contributed by atoms with Crippen LogP contribution in [0.15, 0.2) is 18.2 Å². The van der Waals surface area contributed by atoms with Crippen molar-refractivity contribution in [1.29, 1.82) is 0 Å². The minimum absolute atomic E-state index is 0.0465. The molecule has 2 heteroatoms. The van der Waals surface area contributed by atoms with Crippen LogP contribution < -0.4 is 4.74 Å². The van der Waals surface area contributed by atoms with Crippen LogP contribution in [0.4, 0.5) is 0 Å². The fourth-order valence-corrected chi connectivity index (χ4v) is 5.88. The number of ether oxygens (including phenoxy) is 1. The molecule has 5 atom stereocenters. The van der Waals surface area contributed by atoms with Gasteiger partial charge in [0, 0.05) is 0 Å². The predicted octanol–water partition coefficient (Wildman–Crippen LogP) is 4.30. The third kappa shape index (κ3) is 2.11. The van der Waals surface area contributed by atoms with Crippen molar-refractivity contribution < 1.29 is 9.84 Å². The lowest BCUT2D eigenvalue weighted by Gasteiger charge is -2.56. The zero-order valence-corrected chi connectivity index (χ0v) is 13.8. The second-order valence-electron chi connectivity index (χ2n) is 8.02. The molecule has 0 aliphatic heterocycles. The van der Waals surface area contributed by atoms with Crippen LogP contribution in [0.1, 0.15) is 62.5 Å². The van der Waals surface area contributed by atoms with Crippen molar-refractivity contribution in [2.45, 2.75) is 63.9 Å². The number of methoxy groups -OCH3 is 1. The Bertz CT molecular complexity index is 567. The van der Waals surface area contributed by atoms with Gasteiger partial charge in [-0.25, -0.2) is 0 Å². The van der Waals surface area contributed by atoms with Gasteiger partial charge in [-0.1, -0.05) is 13.0 Å². The molecule has 0 radical (unpaired) electrons. The Balaban J connectivity index is 1.67. The highest BCUT2D eigenvalue weighted by molar-refractivity contribution is 5.40. The molecule has 0 spiro atoms. The first kappa shape index (κ1) is 14.6. The Morgan fingerprint density at radius 1 is 1.18 bits per heavy atom. The van der Waals surface area contributed by atoms with Gasteiger partial charge in [0.1, 0.15) is 5.75 Å². The summed E-state index contributed by atoms with van der Waals surface area (Å²) < 4.78 is 5.41. The fraction of sp³-hybridized carbons (Fsp3) is 0.700. The van der Waals surface area contributed by atoms with Crippen molar-refractivity contribution in [3.8, 4) is 5.75 Å². The molecular weight excluding hydrogens is 272 g/mol. The van der Waals surface area contributed by atoms with Gasteiger partial charge >= 0.3 is 0 Å². The molecule has 2 fully saturated rings. The normalized spacial score (nSPS) is 40.3. The average Bonchev–Trinajstić information content (AvgIpc) is 2.54. The third-order valence-corrected chi connectivity index (χ3v) is 7.14. The smallest absolute Gasteiger partial charge is 0.119 e. The first-order valence-corrected chi connectivity index (χ1v) is 8.96. The molecule has 3 aliphatic rings. The Hall–Kier alpha value is -1.02. The molecule has 1 N–H and O–H groups in total. The van der Waals surface area contributed by atoms with E-state index in [1.807, 2.05) is 0 Å². The summed E-state index contributed by atoms with van der Waals surface area (Å²) in [5.41, 5.74) is 3.54. The lowest BCUT2D eigenvalue weighted by Crippen LogP contribution is -2.48. The Labute approximate surface area is 133 Å². The summed E-state index contributed by atoms with van der Waals surface area (Å²) in [6, 6.07) is 6.72. The molecule has 3 aliphatic carbocycles. The number of benzene rings is 1. The van der Waals surface area contributed by atoms with Crippen LogP contribution >= 0.6 is 0 Å². The molecule has 120 valence electrons. The van der Waals surface area contributed by atoms with Gasteiger partial charge in [-0.05, 0) is 91.4 Å². The molecule has 22 heavy (non-hydrogen) atoms. The first-order valence-electron chi connectivity index (χ1n) is 8.96. The number of fused-ring (bicyclic) bond motifs is 5. The summed E-state index contributed by atoms with van der Waals surface area (Å²) in [6.07, 6.45) is 8.31. The second kappa shape index (κ2) is 5.26. The molecule has 0 heterocycles. The largest absolute Gasteiger partial charge is 0.497 e. The Morgan fingerprint density at radius 2 is 2.05 bits per heavy atom. The van der Waals surface area contributed by atoms with Gasteiger partial charge in [0.25, 0.3) is 0 Å². The molecule has 2 saturated carbocycles. The van der Waals surface area contributed by atoms with E-state index in [1.54, 1.807) is 12.7 Å². The lowest BCUT2D eigenvalue weighted by atomic mass is 9.49. The number of rotatable bonds is 1. The van der Waals surface area contributed by atoms with Gasteiger partial charge in [-0.2, -0.15) is 0 Å². The van der Waals surface area contributed by atoms with Crippen LogP contribution in [-0.2, 0) is 6.42 Å². The average molecular weight is 300 g/mol. The molecule has 4 rings (SSSR count). The number of aryl methyl sites for hydroxylation is 1. The maximum atomic E-state index is 10.1. The highest BCUT2D eigenvalue weighted by Crippen LogP contribution is 2.60. The van der Waals surface area contributed by atoms with E-state index in [4.69, 9.17) is 4.74 Å². The van der Waals surface area contributed by atoms with E-state index in [2.05, 4.69) is 25.1 Å². The number of hydrogen-bond acceptors (Lipinski definition) is 2. The van der Waals surface area contributed by atoms with E-state index in [0.29, 0.717) is 5.41 Å². The number of aliphatic hydroxyl groups is 1. The first-order chi connectivity index (χ1) is 10.6. The van der Waals surface area contributed by atoms with E-state index in [1.165, 1.54) is 37.7 Å². The topological polar surface area (TPSA) is 29.5 Å². The van der Waals surface area contributed by atoms with Crippen molar-refractivity contribution in [3.63, 3.8) is 0 Å². The molecular formula is C20H28O2. The molecule has 0 saturated heterocycles. The van der Waals surface area contributed by atoms with Gasteiger partial charge in [0.15, 0.2) is 0 Å². The summed E-state index contributed by atoms with van der Waals surface area (Å²) in [5.74, 6) is 3.26. The quantitative estimate of drug-likeness (QED) is 0.838. The fourth-order valence-electron chi connectivity index (χ4n) is 5.88. The highest BCUT2D eigenvalue weighted by Gasteiger charge is 2.51. The van der Waals surface area contributed by atoms with E-state index < -0.39 is 0 Å². The summed E-state index contributed by atoms with van der Waals surface area (Å²) >= 11 is 0. The van der Waals surface area contributed by atoms with Crippen LogP contribution in [0.3, 0.4) is 0 Å². The number of hydrogen-bond donors (Lipinski definition) is 1. The van der Waals surface area contributed by atoms with Crippen molar-refractivity contribution in [3.05, 3.63) is 29.3 Å². The van der Waals surface area contributed by atoms with Crippen molar-refractivity contribution in [2.75, 3.05) is 7.11 Å².